The van der Waals surface area contributed by atoms with Crippen LogP contribution in [-0.2, 0) is 0 Å². The molecule has 1 aromatic carbocycles. The third-order valence-electron chi connectivity index (χ3n) is 3.63. The van der Waals surface area contributed by atoms with Crippen molar-refractivity contribution < 1.29 is 8.78 Å². The van der Waals surface area contributed by atoms with Gasteiger partial charge in [-0.05, 0) is 26.3 Å². The summed E-state index contributed by atoms with van der Waals surface area (Å²) in [4.78, 5) is 2.19. The summed E-state index contributed by atoms with van der Waals surface area (Å²) in [7, 11) is 0. The average molecular weight is 253 g/mol. The molecule has 18 heavy (non-hydrogen) atoms. The molecule has 0 bridgehead atoms. The molecule has 0 aliphatic carbocycles. The van der Waals surface area contributed by atoms with E-state index in [0.717, 1.165) is 5.56 Å². The van der Waals surface area contributed by atoms with Gasteiger partial charge in [-0.1, -0.05) is 30.3 Å². The molecule has 3 heteroatoms. The Morgan fingerprint density at radius 3 is 2.33 bits per heavy atom. The fraction of sp³-hybridized carbons (Fsp3) is 0.600. The Balaban J connectivity index is 2.31. The van der Waals surface area contributed by atoms with E-state index in [9.17, 15) is 8.78 Å². The van der Waals surface area contributed by atoms with Crippen molar-refractivity contribution in [1.29, 1.82) is 0 Å². The van der Waals surface area contributed by atoms with Gasteiger partial charge >= 0.3 is 0 Å². The van der Waals surface area contributed by atoms with Crippen molar-refractivity contribution in [2.45, 2.75) is 51.1 Å². The van der Waals surface area contributed by atoms with Gasteiger partial charge in [0.25, 0.3) is 5.92 Å². The van der Waals surface area contributed by atoms with Gasteiger partial charge in [-0.3, -0.25) is 4.90 Å². The first-order valence-electron chi connectivity index (χ1n) is 6.49. The number of hydrogen-bond donors (Lipinski definition) is 0. The molecular formula is C15H21F2N. The van der Waals surface area contributed by atoms with Crippen molar-refractivity contribution in [2.24, 2.45) is 0 Å². The van der Waals surface area contributed by atoms with E-state index in [0.29, 0.717) is 6.54 Å². The van der Waals surface area contributed by atoms with Gasteiger partial charge in [0, 0.05) is 31.0 Å². The lowest BCUT2D eigenvalue weighted by atomic mass is 9.88. The summed E-state index contributed by atoms with van der Waals surface area (Å²) in [5.74, 6) is -2.54. The molecule has 1 atom stereocenters. The van der Waals surface area contributed by atoms with Gasteiger partial charge in [-0.15, -0.1) is 0 Å². The van der Waals surface area contributed by atoms with Crippen LogP contribution in [0, 0.1) is 0 Å². The molecule has 0 spiro atoms. The van der Waals surface area contributed by atoms with Crippen LogP contribution in [0.5, 0.6) is 0 Å². The summed E-state index contributed by atoms with van der Waals surface area (Å²) in [6.07, 6.45) is -0.109. The molecule has 0 radical (unpaired) electrons. The van der Waals surface area contributed by atoms with Crippen LogP contribution >= 0.6 is 0 Å². The lowest BCUT2D eigenvalue weighted by Gasteiger charge is -2.47. The number of hydrogen-bond acceptors (Lipinski definition) is 1. The van der Waals surface area contributed by atoms with Crippen molar-refractivity contribution in [3.8, 4) is 0 Å². The van der Waals surface area contributed by atoms with Gasteiger partial charge < -0.3 is 0 Å². The minimum absolute atomic E-state index is 0.0341. The Hall–Kier alpha value is -0.960. The number of likely N-dealkylation sites (tertiary alicyclic amines) is 1. The van der Waals surface area contributed by atoms with Crippen LogP contribution in [0.15, 0.2) is 30.3 Å². The molecule has 2 rings (SSSR count). The molecule has 0 N–H and O–H groups in total. The molecule has 1 aromatic rings. The Labute approximate surface area is 108 Å². The third-order valence-corrected chi connectivity index (χ3v) is 3.63. The standard InChI is InChI=1S/C15H21F2N/c1-14(2,3)18-10-9-15(16,17)11-13(18)12-7-5-4-6-8-12/h4-8,13H,9-11H2,1-3H3/t13-/m1/s1. The molecule has 0 unspecified atom stereocenters. The maximum absolute atomic E-state index is 13.7. The predicted molar refractivity (Wildman–Crippen MR) is 69.8 cm³/mol. The molecule has 1 saturated heterocycles. The Morgan fingerprint density at radius 1 is 1.17 bits per heavy atom. The highest BCUT2D eigenvalue weighted by Gasteiger charge is 2.43. The molecule has 1 nitrogen and oxygen atoms in total. The fourth-order valence-corrected chi connectivity index (χ4v) is 2.71. The molecule has 1 aliphatic heterocycles. The monoisotopic (exact) mass is 253 g/mol. The van der Waals surface area contributed by atoms with Crippen molar-refractivity contribution in [3.63, 3.8) is 0 Å². The summed E-state index contributed by atoms with van der Waals surface area (Å²) in [6.45, 7) is 6.72. The number of rotatable bonds is 1. The summed E-state index contributed by atoms with van der Waals surface area (Å²) in [5, 5.41) is 0. The van der Waals surface area contributed by atoms with Gasteiger partial charge in [-0.25, -0.2) is 8.78 Å². The smallest absolute Gasteiger partial charge is 0.251 e. The molecule has 100 valence electrons. The van der Waals surface area contributed by atoms with E-state index in [1.54, 1.807) is 0 Å². The average Bonchev–Trinajstić information content (AvgIpc) is 2.27. The molecule has 1 fully saturated rings. The summed E-state index contributed by atoms with van der Waals surface area (Å²) < 4.78 is 27.4. The topological polar surface area (TPSA) is 3.24 Å². The van der Waals surface area contributed by atoms with Crippen LogP contribution in [0.4, 0.5) is 8.78 Å². The van der Waals surface area contributed by atoms with Gasteiger partial charge in [0.15, 0.2) is 0 Å². The van der Waals surface area contributed by atoms with E-state index < -0.39 is 5.92 Å². The molecular weight excluding hydrogens is 232 g/mol. The van der Waals surface area contributed by atoms with Crippen LogP contribution in [-0.4, -0.2) is 22.9 Å². The zero-order chi connectivity index (χ0) is 13.4. The summed E-state index contributed by atoms with van der Waals surface area (Å²) in [5.41, 5.74) is 0.906. The van der Waals surface area contributed by atoms with Crippen LogP contribution in [0.1, 0.15) is 45.2 Å². The van der Waals surface area contributed by atoms with Gasteiger partial charge in [0.1, 0.15) is 0 Å². The largest absolute Gasteiger partial charge is 0.291 e. The zero-order valence-corrected chi connectivity index (χ0v) is 11.3. The second kappa shape index (κ2) is 4.61. The Kier molecular flexibility index (Phi) is 3.45. The normalized spacial score (nSPS) is 25.1. The van der Waals surface area contributed by atoms with Gasteiger partial charge in [-0.2, -0.15) is 0 Å². The third kappa shape index (κ3) is 2.89. The lowest BCUT2D eigenvalue weighted by molar-refractivity contribution is -0.0998. The first-order valence-corrected chi connectivity index (χ1v) is 6.49. The second-order valence-corrected chi connectivity index (χ2v) is 6.10. The highest BCUT2D eigenvalue weighted by molar-refractivity contribution is 5.21. The highest BCUT2D eigenvalue weighted by Crippen LogP contribution is 2.42. The van der Waals surface area contributed by atoms with E-state index in [4.69, 9.17) is 0 Å². The predicted octanol–water partition coefficient (Wildman–Crippen LogP) is 4.26. The Bertz CT molecular complexity index is 395. The van der Waals surface area contributed by atoms with Crippen LogP contribution < -0.4 is 0 Å². The lowest BCUT2D eigenvalue weighted by Crippen LogP contribution is -2.50. The van der Waals surface area contributed by atoms with Crippen LogP contribution in [0.2, 0.25) is 0 Å². The zero-order valence-electron chi connectivity index (χ0n) is 11.3. The summed E-state index contributed by atoms with van der Waals surface area (Å²) >= 11 is 0. The number of halogens is 2. The maximum atomic E-state index is 13.7. The van der Waals surface area contributed by atoms with E-state index in [1.165, 1.54) is 0 Å². The Morgan fingerprint density at radius 2 is 1.78 bits per heavy atom. The molecule has 1 aliphatic rings. The van der Waals surface area contributed by atoms with E-state index in [-0.39, 0.29) is 24.4 Å². The molecule has 0 amide bonds. The van der Waals surface area contributed by atoms with Crippen LogP contribution in [0.3, 0.4) is 0 Å². The SMILES string of the molecule is CC(C)(C)N1CCC(F)(F)C[C@@H]1c1ccccc1. The van der Waals surface area contributed by atoms with Gasteiger partial charge in [0.2, 0.25) is 0 Å². The quantitative estimate of drug-likeness (QED) is 0.723. The molecule has 0 saturated carbocycles. The van der Waals surface area contributed by atoms with Crippen molar-refractivity contribution in [2.75, 3.05) is 6.54 Å². The first kappa shape index (κ1) is 13.5. The minimum atomic E-state index is -2.54. The second-order valence-electron chi connectivity index (χ2n) is 6.10. The number of alkyl halides is 2. The van der Waals surface area contributed by atoms with E-state index >= 15 is 0 Å². The molecule has 1 heterocycles. The first-order chi connectivity index (χ1) is 8.30. The maximum Gasteiger partial charge on any atom is 0.251 e. The van der Waals surface area contributed by atoms with Crippen molar-refractivity contribution in [3.05, 3.63) is 35.9 Å². The summed E-state index contributed by atoms with van der Waals surface area (Å²) in [6, 6.07) is 9.47. The number of benzene rings is 1. The van der Waals surface area contributed by atoms with Crippen molar-refractivity contribution in [1.82, 2.24) is 4.90 Å². The number of piperidine rings is 1. The number of nitrogens with zero attached hydrogens (tertiary/aromatic N) is 1. The van der Waals surface area contributed by atoms with Crippen molar-refractivity contribution >= 4 is 0 Å². The van der Waals surface area contributed by atoms with E-state index in [1.807, 2.05) is 30.3 Å². The highest BCUT2D eigenvalue weighted by atomic mass is 19.3. The van der Waals surface area contributed by atoms with Crippen LogP contribution in [0.25, 0.3) is 0 Å². The van der Waals surface area contributed by atoms with E-state index in [2.05, 4.69) is 25.7 Å². The van der Waals surface area contributed by atoms with Gasteiger partial charge in [0.05, 0.1) is 0 Å². The fourth-order valence-electron chi connectivity index (χ4n) is 2.71. The minimum Gasteiger partial charge on any atom is -0.291 e. The molecule has 0 aromatic heterocycles.